The van der Waals surface area contributed by atoms with Gasteiger partial charge in [0.05, 0.1) is 23.9 Å². The quantitative estimate of drug-likeness (QED) is 0.469. The normalized spacial score (nSPS) is 11.5. The first kappa shape index (κ1) is 17.5. The van der Waals surface area contributed by atoms with E-state index in [4.69, 9.17) is 4.74 Å². The van der Waals surface area contributed by atoms with Crippen LogP contribution in [0.1, 0.15) is 24.7 Å². The van der Waals surface area contributed by atoms with Crippen molar-refractivity contribution in [3.05, 3.63) is 53.9 Å². The van der Waals surface area contributed by atoms with Gasteiger partial charge in [0, 0.05) is 18.4 Å². The zero-order valence-corrected chi connectivity index (χ0v) is 14.6. The molecule has 3 N–H and O–H groups in total. The summed E-state index contributed by atoms with van der Waals surface area (Å²) in [6, 6.07) is 12.6. The highest BCUT2D eigenvalue weighted by Gasteiger charge is 2.08. The second-order valence-corrected chi connectivity index (χ2v) is 5.82. The Hall–Kier alpha value is -3.35. The van der Waals surface area contributed by atoms with E-state index in [1.54, 1.807) is 19.1 Å². The molecule has 0 unspecified atom stereocenters. The van der Waals surface area contributed by atoms with E-state index < -0.39 is 0 Å². The van der Waals surface area contributed by atoms with Crippen LogP contribution < -0.4 is 10.2 Å². The lowest BCUT2D eigenvalue weighted by Crippen LogP contribution is -2.19. The fourth-order valence-corrected chi connectivity index (χ4v) is 2.53. The average Bonchev–Trinajstić information content (AvgIpc) is 3.07. The summed E-state index contributed by atoms with van der Waals surface area (Å²) in [5.41, 5.74) is 5.74. The zero-order valence-electron chi connectivity index (χ0n) is 14.6. The van der Waals surface area contributed by atoms with Crippen LogP contribution in [-0.4, -0.2) is 33.8 Å². The lowest BCUT2D eigenvalue weighted by Gasteiger charge is -2.06. The number of rotatable bonds is 6. The molecule has 2 aromatic carbocycles. The number of fused-ring (bicyclic) bond motifs is 1. The van der Waals surface area contributed by atoms with Crippen LogP contribution >= 0.6 is 0 Å². The highest BCUT2D eigenvalue weighted by molar-refractivity contribution is 5.99. The van der Waals surface area contributed by atoms with Gasteiger partial charge in [-0.15, -0.1) is 0 Å². The van der Waals surface area contributed by atoms with Gasteiger partial charge in [0.2, 0.25) is 5.91 Å². The lowest BCUT2D eigenvalue weighted by molar-refractivity contribution is -0.121. The molecule has 7 nitrogen and oxygen atoms in total. The summed E-state index contributed by atoms with van der Waals surface area (Å²) in [4.78, 5) is 19.7. The molecule has 7 heteroatoms. The number of aryl methyl sites for hydroxylation is 1. The molecule has 26 heavy (non-hydrogen) atoms. The van der Waals surface area contributed by atoms with Crippen molar-refractivity contribution in [3.63, 3.8) is 0 Å². The van der Waals surface area contributed by atoms with Gasteiger partial charge in [0.15, 0.2) is 11.5 Å². The van der Waals surface area contributed by atoms with Crippen molar-refractivity contribution in [1.29, 1.82) is 0 Å². The molecular formula is C19H20N4O3. The Bertz CT molecular complexity index is 929. The number of aromatic nitrogens is 2. The standard InChI is InChI=1S/C19H20N4O3/c1-12(13-7-8-16(24)17(11-13)26-2)22-23-19(25)10-9-18-20-14-5-3-4-6-15(14)21-18/h3-8,11,24H,9-10H2,1-2H3,(H,20,21)(H,23,25). The summed E-state index contributed by atoms with van der Waals surface area (Å²) in [5.74, 6) is 0.980. The topological polar surface area (TPSA) is 99.6 Å². The summed E-state index contributed by atoms with van der Waals surface area (Å²) < 4.78 is 5.07. The van der Waals surface area contributed by atoms with Crippen LogP contribution in [0.5, 0.6) is 11.5 Å². The van der Waals surface area contributed by atoms with Gasteiger partial charge in [0.1, 0.15) is 5.82 Å². The van der Waals surface area contributed by atoms with Crippen molar-refractivity contribution >= 4 is 22.7 Å². The van der Waals surface area contributed by atoms with E-state index in [-0.39, 0.29) is 18.1 Å². The molecule has 0 aliphatic heterocycles. The predicted octanol–water partition coefficient (Wildman–Crippen LogP) is 2.75. The van der Waals surface area contributed by atoms with Gasteiger partial charge in [-0.3, -0.25) is 4.79 Å². The molecule has 1 heterocycles. The van der Waals surface area contributed by atoms with Crippen LogP contribution in [0.3, 0.4) is 0 Å². The molecule has 3 rings (SSSR count). The molecule has 0 saturated carbocycles. The van der Waals surface area contributed by atoms with Gasteiger partial charge < -0.3 is 14.8 Å². The Morgan fingerprint density at radius 1 is 1.31 bits per heavy atom. The van der Waals surface area contributed by atoms with Crippen molar-refractivity contribution in [2.24, 2.45) is 5.10 Å². The molecule has 0 radical (unpaired) electrons. The lowest BCUT2D eigenvalue weighted by atomic mass is 10.1. The first-order valence-electron chi connectivity index (χ1n) is 8.21. The summed E-state index contributed by atoms with van der Waals surface area (Å²) in [6.45, 7) is 1.77. The van der Waals surface area contributed by atoms with Crippen molar-refractivity contribution in [2.75, 3.05) is 7.11 Å². The minimum Gasteiger partial charge on any atom is -0.504 e. The molecule has 0 bridgehead atoms. The SMILES string of the molecule is COc1cc(C(C)=NNC(=O)CCc2nc3ccccc3[nH]2)ccc1O. The summed E-state index contributed by atoms with van der Waals surface area (Å²) in [7, 11) is 1.48. The number of nitrogens with zero attached hydrogens (tertiary/aromatic N) is 2. The number of nitrogens with one attached hydrogen (secondary N) is 2. The number of phenols is 1. The fraction of sp³-hybridized carbons (Fsp3) is 0.211. The van der Waals surface area contributed by atoms with E-state index in [1.165, 1.54) is 13.2 Å². The summed E-state index contributed by atoms with van der Waals surface area (Å²) in [5, 5.41) is 13.7. The van der Waals surface area contributed by atoms with Crippen LogP contribution in [0.4, 0.5) is 0 Å². The van der Waals surface area contributed by atoms with E-state index in [2.05, 4.69) is 20.5 Å². The van der Waals surface area contributed by atoms with Crippen LogP contribution in [0.25, 0.3) is 11.0 Å². The van der Waals surface area contributed by atoms with Crippen LogP contribution in [0.15, 0.2) is 47.6 Å². The second kappa shape index (κ2) is 7.69. The van der Waals surface area contributed by atoms with Crippen LogP contribution in [0, 0.1) is 0 Å². The van der Waals surface area contributed by atoms with Crippen molar-refractivity contribution in [1.82, 2.24) is 15.4 Å². The van der Waals surface area contributed by atoms with E-state index in [0.29, 0.717) is 17.9 Å². The number of methoxy groups -OCH3 is 1. The number of aromatic hydroxyl groups is 1. The fourth-order valence-electron chi connectivity index (χ4n) is 2.53. The molecular weight excluding hydrogens is 332 g/mol. The maximum Gasteiger partial charge on any atom is 0.240 e. The van der Waals surface area contributed by atoms with E-state index in [1.807, 2.05) is 24.3 Å². The Labute approximate surface area is 150 Å². The number of H-pyrrole nitrogens is 1. The number of hydrogen-bond acceptors (Lipinski definition) is 5. The third-order valence-electron chi connectivity index (χ3n) is 3.97. The number of benzene rings is 2. The van der Waals surface area contributed by atoms with Gasteiger partial charge in [-0.1, -0.05) is 12.1 Å². The Kier molecular flexibility index (Phi) is 5.17. The number of carbonyl (C=O) groups excluding carboxylic acids is 1. The van der Waals surface area contributed by atoms with Gasteiger partial charge >= 0.3 is 0 Å². The van der Waals surface area contributed by atoms with E-state index in [0.717, 1.165) is 22.4 Å². The Morgan fingerprint density at radius 2 is 2.12 bits per heavy atom. The minimum atomic E-state index is -0.199. The van der Waals surface area contributed by atoms with Gasteiger partial charge in [0.25, 0.3) is 0 Å². The Balaban J connectivity index is 1.58. The number of imidazole rings is 1. The maximum atomic E-state index is 12.0. The summed E-state index contributed by atoms with van der Waals surface area (Å²) >= 11 is 0. The number of amides is 1. The van der Waals surface area contributed by atoms with E-state index >= 15 is 0 Å². The molecule has 0 saturated heterocycles. The molecule has 0 aliphatic rings. The number of phenolic OH excluding ortho intramolecular Hbond substituents is 1. The highest BCUT2D eigenvalue weighted by Crippen LogP contribution is 2.26. The average molecular weight is 352 g/mol. The van der Waals surface area contributed by atoms with Crippen LogP contribution in [0.2, 0.25) is 0 Å². The number of carbonyl (C=O) groups is 1. The van der Waals surface area contributed by atoms with Gasteiger partial charge in [-0.25, -0.2) is 10.4 Å². The third-order valence-corrected chi connectivity index (χ3v) is 3.97. The first-order valence-corrected chi connectivity index (χ1v) is 8.21. The monoisotopic (exact) mass is 352 g/mol. The number of aromatic amines is 1. The third kappa shape index (κ3) is 4.00. The smallest absolute Gasteiger partial charge is 0.240 e. The molecule has 0 aliphatic carbocycles. The van der Waals surface area contributed by atoms with Crippen LogP contribution in [-0.2, 0) is 11.2 Å². The predicted molar refractivity (Wildman–Crippen MR) is 99.4 cm³/mol. The highest BCUT2D eigenvalue weighted by atomic mass is 16.5. The second-order valence-electron chi connectivity index (χ2n) is 5.82. The van der Waals surface area contributed by atoms with Gasteiger partial charge in [-0.2, -0.15) is 5.10 Å². The minimum absolute atomic E-state index is 0.0546. The van der Waals surface area contributed by atoms with Gasteiger partial charge in [-0.05, 0) is 37.3 Å². The molecule has 1 aromatic heterocycles. The number of para-hydroxylation sites is 2. The molecule has 0 spiro atoms. The van der Waals surface area contributed by atoms with Crippen molar-refractivity contribution in [2.45, 2.75) is 19.8 Å². The first-order chi connectivity index (χ1) is 12.6. The molecule has 0 atom stereocenters. The van der Waals surface area contributed by atoms with Crippen molar-refractivity contribution < 1.29 is 14.6 Å². The van der Waals surface area contributed by atoms with Crippen molar-refractivity contribution in [3.8, 4) is 11.5 Å². The zero-order chi connectivity index (χ0) is 18.5. The Morgan fingerprint density at radius 3 is 2.88 bits per heavy atom. The number of hydrogen-bond donors (Lipinski definition) is 3. The molecule has 0 fully saturated rings. The molecule has 134 valence electrons. The number of ether oxygens (including phenoxy) is 1. The van der Waals surface area contributed by atoms with E-state index in [9.17, 15) is 9.90 Å². The maximum absolute atomic E-state index is 12.0. The number of hydrazone groups is 1. The molecule has 3 aromatic rings. The molecule has 1 amide bonds. The largest absolute Gasteiger partial charge is 0.504 e. The summed E-state index contributed by atoms with van der Waals surface area (Å²) in [6.07, 6.45) is 0.775.